The van der Waals surface area contributed by atoms with Gasteiger partial charge in [-0.15, -0.1) is 0 Å². The fourth-order valence-electron chi connectivity index (χ4n) is 3.38. The lowest BCUT2D eigenvalue weighted by Crippen LogP contribution is -2.49. The molecule has 29 heavy (non-hydrogen) atoms. The summed E-state index contributed by atoms with van der Waals surface area (Å²) in [5.41, 5.74) is 1.93. The summed E-state index contributed by atoms with van der Waals surface area (Å²) in [4.78, 5) is 38.5. The molecule has 1 aliphatic heterocycles. The molecular formula is C22H26N4O3. The summed E-state index contributed by atoms with van der Waals surface area (Å²) in [5.74, 6) is -0.164. The van der Waals surface area contributed by atoms with Crippen LogP contribution in [0.15, 0.2) is 54.6 Å². The number of hydrogen-bond donors (Lipinski definition) is 3. The lowest BCUT2D eigenvalue weighted by molar-refractivity contribution is -0.140. The van der Waals surface area contributed by atoms with Gasteiger partial charge in [-0.2, -0.15) is 0 Å². The zero-order chi connectivity index (χ0) is 20.6. The third kappa shape index (κ3) is 5.57. The number of benzene rings is 2. The monoisotopic (exact) mass is 394 g/mol. The number of piperidine rings is 1. The smallest absolute Gasteiger partial charge is 0.323 e. The van der Waals surface area contributed by atoms with E-state index in [1.165, 1.54) is 0 Å². The summed E-state index contributed by atoms with van der Waals surface area (Å²) in [6.45, 7) is 2.44. The van der Waals surface area contributed by atoms with E-state index in [1.54, 1.807) is 41.3 Å². The minimum absolute atomic E-state index is 0.00817. The summed E-state index contributed by atoms with van der Waals surface area (Å²) in [6, 6.07) is 15.3. The Labute approximate surface area is 170 Å². The molecule has 1 heterocycles. The third-order valence-corrected chi connectivity index (χ3v) is 4.87. The first-order valence-electron chi connectivity index (χ1n) is 9.90. The average Bonchev–Trinajstić information content (AvgIpc) is 2.75. The number of urea groups is 1. The fraction of sp³-hybridized carbons (Fsp3) is 0.318. The van der Waals surface area contributed by atoms with Crippen molar-refractivity contribution in [2.24, 2.45) is 0 Å². The van der Waals surface area contributed by atoms with Crippen LogP contribution in [0.5, 0.6) is 0 Å². The third-order valence-electron chi connectivity index (χ3n) is 4.87. The minimum Gasteiger partial charge on any atom is -0.331 e. The van der Waals surface area contributed by atoms with Crippen LogP contribution in [0.25, 0.3) is 0 Å². The van der Waals surface area contributed by atoms with Gasteiger partial charge in [0.2, 0.25) is 11.8 Å². The number of rotatable bonds is 5. The van der Waals surface area contributed by atoms with E-state index in [2.05, 4.69) is 16.0 Å². The molecule has 7 nitrogen and oxygen atoms in total. The Hall–Kier alpha value is -3.35. The lowest BCUT2D eigenvalue weighted by atomic mass is 10.0. The first-order valence-corrected chi connectivity index (χ1v) is 9.90. The molecule has 152 valence electrons. The van der Waals surface area contributed by atoms with Crippen LogP contribution in [-0.2, 0) is 9.59 Å². The maximum Gasteiger partial charge on any atom is 0.323 e. The predicted octanol–water partition coefficient (Wildman–Crippen LogP) is 4.06. The largest absolute Gasteiger partial charge is 0.331 e. The maximum absolute atomic E-state index is 12.7. The first kappa shape index (κ1) is 20.4. The Morgan fingerprint density at radius 1 is 0.862 bits per heavy atom. The summed E-state index contributed by atoms with van der Waals surface area (Å²) < 4.78 is 0. The summed E-state index contributed by atoms with van der Waals surface area (Å²) in [7, 11) is 0. The second kappa shape index (κ2) is 9.73. The summed E-state index contributed by atoms with van der Waals surface area (Å²) >= 11 is 0. The van der Waals surface area contributed by atoms with Crippen molar-refractivity contribution in [3.63, 3.8) is 0 Å². The molecule has 0 aromatic heterocycles. The van der Waals surface area contributed by atoms with E-state index in [-0.39, 0.29) is 17.8 Å². The Kier molecular flexibility index (Phi) is 6.84. The number of amides is 4. The molecule has 4 amide bonds. The van der Waals surface area contributed by atoms with E-state index < -0.39 is 6.04 Å². The van der Waals surface area contributed by atoms with Crippen LogP contribution in [0, 0.1) is 0 Å². The van der Waals surface area contributed by atoms with E-state index in [4.69, 9.17) is 0 Å². The van der Waals surface area contributed by atoms with Gasteiger partial charge in [-0.25, -0.2) is 4.79 Å². The van der Waals surface area contributed by atoms with Gasteiger partial charge in [0.15, 0.2) is 0 Å². The Bertz CT molecular complexity index is 852. The van der Waals surface area contributed by atoms with Gasteiger partial charge in [-0.3, -0.25) is 9.59 Å². The standard InChI is InChI=1S/C22H26N4O3/c1-2-20(27)26-15-7-6-10-19(26)21(28)23-17-11-13-18(14-12-17)25-22(29)24-16-8-4-3-5-9-16/h3-5,8-9,11-14,19H,2,6-7,10,15H2,1H3,(H,23,28)(H2,24,25,29)/t19-/m0/s1. The van der Waals surface area contributed by atoms with Crippen molar-refractivity contribution in [2.75, 3.05) is 22.5 Å². The van der Waals surface area contributed by atoms with Crippen LogP contribution in [0.3, 0.4) is 0 Å². The highest BCUT2D eigenvalue weighted by atomic mass is 16.2. The number of likely N-dealkylation sites (tertiary alicyclic amines) is 1. The molecule has 0 bridgehead atoms. The SMILES string of the molecule is CCC(=O)N1CCCC[C@H]1C(=O)Nc1ccc(NC(=O)Nc2ccccc2)cc1. The van der Waals surface area contributed by atoms with Crippen molar-refractivity contribution in [1.82, 2.24) is 4.90 Å². The molecule has 0 unspecified atom stereocenters. The van der Waals surface area contributed by atoms with Crippen LogP contribution in [0.2, 0.25) is 0 Å². The van der Waals surface area contributed by atoms with Crippen LogP contribution in [0.1, 0.15) is 32.6 Å². The highest BCUT2D eigenvalue weighted by molar-refractivity contribution is 6.00. The van der Waals surface area contributed by atoms with Gasteiger partial charge in [-0.05, 0) is 55.7 Å². The molecule has 1 saturated heterocycles. The van der Waals surface area contributed by atoms with Crippen molar-refractivity contribution < 1.29 is 14.4 Å². The van der Waals surface area contributed by atoms with E-state index in [0.29, 0.717) is 36.4 Å². The van der Waals surface area contributed by atoms with Gasteiger partial charge in [0.1, 0.15) is 6.04 Å². The molecule has 0 aliphatic carbocycles. The summed E-state index contributed by atoms with van der Waals surface area (Å²) in [5, 5.41) is 8.37. The molecule has 1 fully saturated rings. The van der Waals surface area contributed by atoms with E-state index in [0.717, 1.165) is 12.8 Å². The van der Waals surface area contributed by atoms with E-state index >= 15 is 0 Å². The molecule has 0 radical (unpaired) electrons. The normalized spacial score (nSPS) is 16.0. The number of hydrogen-bond acceptors (Lipinski definition) is 3. The summed E-state index contributed by atoms with van der Waals surface area (Å²) in [6.07, 6.45) is 2.94. The van der Waals surface area contributed by atoms with E-state index in [1.807, 2.05) is 25.1 Å². The maximum atomic E-state index is 12.7. The quantitative estimate of drug-likeness (QED) is 0.714. The van der Waals surface area contributed by atoms with Gasteiger partial charge >= 0.3 is 6.03 Å². The Morgan fingerprint density at radius 3 is 2.07 bits per heavy atom. The van der Waals surface area contributed by atoms with Crippen LogP contribution >= 0.6 is 0 Å². The first-order chi connectivity index (χ1) is 14.1. The predicted molar refractivity (Wildman–Crippen MR) is 114 cm³/mol. The van der Waals surface area contributed by atoms with Crippen molar-refractivity contribution in [1.29, 1.82) is 0 Å². The topological polar surface area (TPSA) is 90.5 Å². The molecule has 1 aliphatic rings. The van der Waals surface area contributed by atoms with Gasteiger partial charge in [0.05, 0.1) is 0 Å². The average molecular weight is 394 g/mol. The van der Waals surface area contributed by atoms with Crippen LogP contribution < -0.4 is 16.0 Å². The zero-order valence-electron chi connectivity index (χ0n) is 16.5. The number of nitrogens with one attached hydrogen (secondary N) is 3. The molecule has 7 heteroatoms. The van der Waals surface area contributed by atoms with Crippen molar-refractivity contribution in [3.05, 3.63) is 54.6 Å². The molecule has 3 N–H and O–H groups in total. The molecule has 0 saturated carbocycles. The highest BCUT2D eigenvalue weighted by Gasteiger charge is 2.31. The molecule has 1 atom stereocenters. The molecule has 2 aromatic carbocycles. The van der Waals surface area contributed by atoms with Crippen molar-refractivity contribution >= 4 is 34.9 Å². The molecule has 3 rings (SSSR count). The van der Waals surface area contributed by atoms with Crippen molar-refractivity contribution in [3.8, 4) is 0 Å². The van der Waals surface area contributed by atoms with Gasteiger partial charge < -0.3 is 20.9 Å². The molecule has 2 aromatic rings. The van der Waals surface area contributed by atoms with Gasteiger partial charge in [-0.1, -0.05) is 25.1 Å². The van der Waals surface area contributed by atoms with Crippen molar-refractivity contribution in [2.45, 2.75) is 38.6 Å². The number of anilines is 3. The van der Waals surface area contributed by atoms with Crippen LogP contribution in [0.4, 0.5) is 21.9 Å². The minimum atomic E-state index is -0.425. The second-order valence-electron chi connectivity index (χ2n) is 6.96. The number of para-hydroxylation sites is 1. The number of carbonyl (C=O) groups excluding carboxylic acids is 3. The molecular weight excluding hydrogens is 368 g/mol. The Balaban J connectivity index is 1.56. The van der Waals surface area contributed by atoms with Gasteiger partial charge in [0.25, 0.3) is 0 Å². The Morgan fingerprint density at radius 2 is 1.45 bits per heavy atom. The number of carbonyl (C=O) groups is 3. The second-order valence-corrected chi connectivity index (χ2v) is 6.96. The molecule has 0 spiro atoms. The highest BCUT2D eigenvalue weighted by Crippen LogP contribution is 2.21. The lowest BCUT2D eigenvalue weighted by Gasteiger charge is -2.34. The fourth-order valence-corrected chi connectivity index (χ4v) is 3.38. The van der Waals surface area contributed by atoms with Gasteiger partial charge in [0, 0.05) is 30.0 Å². The van der Waals surface area contributed by atoms with Crippen LogP contribution in [-0.4, -0.2) is 35.3 Å². The zero-order valence-corrected chi connectivity index (χ0v) is 16.5. The van der Waals surface area contributed by atoms with E-state index in [9.17, 15) is 14.4 Å². The number of nitrogens with zero attached hydrogens (tertiary/aromatic N) is 1.